The number of nitrogens with one attached hydrogen (secondary N) is 1. The standard InChI is InChI=1S/C19H18ClN7O/c1-12-7-8-26(25-12)10-13(2)23-18(28)17-9-16(14-3-5-15(20)6-4-14)24-19-21-11-22-27(17)19/h3-9,11,13H,10H2,1-2H3,(H,23,28)/t13-/m1/s1. The van der Waals surface area contributed by atoms with Crippen LogP contribution in [0, 0.1) is 6.92 Å². The van der Waals surface area contributed by atoms with Gasteiger partial charge in [-0.1, -0.05) is 23.7 Å². The minimum atomic E-state index is -0.260. The fraction of sp³-hybridized carbons (Fsp3) is 0.211. The Morgan fingerprint density at radius 3 is 2.75 bits per heavy atom. The Hall–Kier alpha value is -3.26. The van der Waals surface area contributed by atoms with Gasteiger partial charge < -0.3 is 5.32 Å². The van der Waals surface area contributed by atoms with Crippen molar-refractivity contribution >= 4 is 23.3 Å². The van der Waals surface area contributed by atoms with Crippen molar-refractivity contribution in [2.24, 2.45) is 0 Å². The lowest BCUT2D eigenvalue weighted by Gasteiger charge is -2.15. The Balaban J connectivity index is 1.62. The number of benzene rings is 1. The van der Waals surface area contributed by atoms with Crippen LogP contribution >= 0.6 is 11.6 Å². The molecule has 3 heterocycles. The molecule has 1 amide bonds. The minimum Gasteiger partial charge on any atom is -0.346 e. The Labute approximate surface area is 166 Å². The molecule has 8 nitrogen and oxygen atoms in total. The molecule has 0 aliphatic carbocycles. The van der Waals surface area contributed by atoms with Gasteiger partial charge in [-0.3, -0.25) is 9.48 Å². The van der Waals surface area contributed by atoms with Crippen molar-refractivity contribution in [2.75, 3.05) is 0 Å². The van der Waals surface area contributed by atoms with Crippen molar-refractivity contribution in [1.82, 2.24) is 34.7 Å². The highest BCUT2D eigenvalue weighted by molar-refractivity contribution is 6.30. The van der Waals surface area contributed by atoms with E-state index in [1.165, 1.54) is 10.8 Å². The monoisotopic (exact) mass is 395 g/mol. The Kier molecular flexibility index (Phi) is 4.79. The first kappa shape index (κ1) is 18.1. The average molecular weight is 396 g/mol. The maximum Gasteiger partial charge on any atom is 0.270 e. The molecule has 0 radical (unpaired) electrons. The summed E-state index contributed by atoms with van der Waals surface area (Å²) in [5.74, 6) is 0.0949. The normalized spacial score (nSPS) is 12.2. The van der Waals surface area contributed by atoms with Crippen LogP contribution in [0.15, 0.2) is 48.9 Å². The van der Waals surface area contributed by atoms with Crippen LogP contribution in [0.2, 0.25) is 5.02 Å². The van der Waals surface area contributed by atoms with Gasteiger partial charge in [0.15, 0.2) is 0 Å². The summed E-state index contributed by atoms with van der Waals surface area (Å²) < 4.78 is 3.23. The van der Waals surface area contributed by atoms with E-state index >= 15 is 0 Å². The summed E-state index contributed by atoms with van der Waals surface area (Å²) in [4.78, 5) is 21.5. The molecule has 0 aliphatic rings. The number of carbonyl (C=O) groups is 1. The van der Waals surface area contributed by atoms with E-state index in [4.69, 9.17) is 11.6 Å². The number of hydrogen-bond acceptors (Lipinski definition) is 5. The van der Waals surface area contributed by atoms with Crippen LogP contribution in [0.3, 0.4) is 0 Å². The molecule has 0 bridgehead atoms. The van der Waals surface area contributed by atoms with Gasteiger partial charge in [0.2, 0.25) is 0 Å². The zero-order valence-electron chi connectivity index (χ0n) is 15.4. The van der Waals surface area contributed by atoms with Crippen molar-refractivity contribution in [2.45, 2.75) is 26.4 Å². The van der Waals surface area contributed by atoms with Gasteiger partial charge in [-0.15, -0.1) is 0 Å². The Morgan fingerprint density at radius 1 is 1.25 bits per heavy atom. The quantitative estimate of drug-likeness (QED) is 0.561. The number of fused-ring (bicyclic) bond motifs is 1. The topological polar surface area (TPSA) is 90.0 Å². The summed E-state index contributed by atoms with van der Waals surface area (Å²) in [5.41, 5.74) is 2.75. The zero-order chi connectivity index (χ0) is 19.7. The summed E-state index contributed by atoms with van der Waals surface area (Å²) >= 11 is 5.97. The first-order valence-corrected chi connectivity index (χ1v) is 9.15. The molecule has 0 fully saturated rings. The van der Waals surface area contributed by atoms with Crippen molar-refractivity contribution in [3.63, 3.8) is 0 Å². The fourth-order valence-corrected chi connectivity index (χ4v) is 3.06. The smallest absolute Gasteiger partial charge is 0.270 e. The molecule has 1 atom stereocenters. The first-order valence-electron chi connectivity index (χ1n) is 8.77. The van der Waals surface area contributed by atoms with E-state index in [1.807, 2.05) is 38.2 Å². The molecule has 1 aromatic carbocycles. The number of amides is 1. The number of aryl methyl sites for hydroxylation is 1. The summed E-state index contributed by atoms with van der Waals surface area (Å²) in [6, 6.07) is 10.8. The molecule has 0 saturated heterocycles. The van der Waals surface area contributed by atoms with E-state index in [9.17, 15) is 4.79 Å². The number of carbonyl (C=O) groups excluding carboxylic acids is 1. The molecule has 3 aromatic heterocycles. The van der Waals surface area contributed by atoms with Gasteiger partial charge in [-0.2, -0.15) is 19.7 Å². The van der Waals surface area contributed by atoms with Crippen LogP contribution in [-0.2, 0) is 6.54 Å². The second kappa shape index (κ2) is 7.40. The number of halogens is 1. The molecular weight excluding hydrogens is 378 g/mol. The third kappa shape index (κ3) is 3.72. The summed E-state index contributed by atoms with van der Waals surface area (Å²) in [5, 5.41) is 12.1. The maximum atomic E-state index is 12.9. The third-order valence-corrected chi connectivity index (χ3v) is 4.49. The summed E-state index contributed by atoms with van der Waals surface area (Å²) in [6.45, 7) is 4.42. The van der Waals surface area contributed by atoms with Crippen molar-refractivity contribution in [1.29, 1.82) is 0 Å². The lowest BCUT2D eigenvalue weighted by Crippen LogP contribution is -2.37. The Morgan fingerprint density at radius 2 is 2.04 bits per heavy atom. The van der Waals surface area contributed by atoms with Gasteiger partial charge in [-0.05, 0) is 38.1 Å². The number of nitrogens with zero attached hydrogens (tertiary/aromatic N) is 6. The molecule has 0 saturated carbocycles. The second-order valence-electron chi connectivity index (χ2n) is 6.56. The van der Waals surface area contributed by atoms with E-state index < -0.39 is 0 Å². The lowest BCUT2D eigenvalue weighted by atomic mass is 10.1. The predicted octanol–water partition coefficient (Wildman–Crippen LogP) is 2.77. The van der Waals surface area contributed by atoms with Gasteiger partial charge >= 0.3 is 0 Å². The molecule has 28 heavy (non-hydrogen) atoms. The summed E-state index contributed by atoms with van der Waals surface area (Å²) in [6.07, 6.45) is 3.26. The molecule has 4 aromatic rings. The molecule has 142 valence electrons. The van der Waals surface area contributed by atoms with Crippen LogP contribution in [-0.4, -0.2) is 41.3 Å². The Bertz CT molecular complexity index is 1130. The molecular formula is C19H18ClN7O. The van der Waals surface area contributed by atoms with Crippen molar-refractivity contribution < 1.29 is 4.79 Å². The highest BCUT2D eigenvalue weighted by Gasteiger charge is 2.17. The van der Waals surface area contributed by atoms with E-state index in [1.54, 1.807) is 22.9 Å². The molecule has 0 spiro atoms. The predicted molar refractivity (Wildman–Crippen MR) is 105 cm³/mol. The number of aromatic nitrogens is 6. The molecule has 9 heteroatoms. The van der Waals surface area contributed by atoms with Crippen LogP contribution in [0.25, 0.3) is 17.0 Å². The first-order chi connectivity index (χ1) is 13.5. The fourth-order valence-electron chi connectivity index (χ4n) is 2.93. The second-order valence-corrected chi connectivity index (χ2v) is 7.00. The largest absolute Gasteiger partial charge is 0.346 e. The van der Waals surface area contributed by atoms with E-state index in [0.717, 1.165) is 11.3 Å². The lowest BCUT2D eigenvalue weighted by molar-refractivity contribution is 0.0928. The highest BCUT2D eigenvalue weighted by Crippen LogP contribution is 2.21. The van der Waals surface area contributed by atoms with Gasteiger partial charge in [-0.25, -0.2) is 4.98 Å². The number of rotatable bonds is 5. The van der Waals surface area contributed by atoms with Crippen LogP contribution < -0.4 is 5.32 Å². The van der Waals surface area contributed by atoms with Gasteiger partial charge in [0.25, 0.3) is 11.7 Å². The van der Waals surface area contributed by atoms with Gasteiger partial charge in [0.05, 0.1) is 17.9 Å². The molecule has 0 unspecified atom stereocenters. The van der Waals surface area contributed by atoms with Crippen LogP contribution in [0.4, 0.5) is 0 Å². The molecule has 0 aliphatic heterocycles. The molecule has 4 rings (SSSR count). The van der Waals surface area contributed by atoms with Crippen molar-refractivity contribution in [3.05, 3.63) is 65.3 Å². The average Bonchev–Trinajstić information content (AvgIpc) is 3.30. The zero-order valence-corrected chi connectivity index (χ0v) is 16.1. The van der Waals surface area contributed by atoms with Gasteiger partial charge in [0.1, 0.15) is 12.0 Å². The van der Waals surface area contributed by atoms with Crippen molar-refractivity contribution in [3.8, 4) is 11.3 Å². The van der Waals surface area contributed by atoms with Gasteiger partial charge in [0, 0.05) is 22.8 Å². The van der Waals surface area contributed by atoms with E-state index in [0.29, 0.717) is 28.7 Å². The van der Waals surface area contributed by atoms with E-state index in [-0.39, 0.29) is 11.9 Å². The highest BCUT2D eigenvalue weighted by atomic mass is 35.5. The van der Waals surface area contributed by atoms with Crippen LogP contribution in [0.5, 0.6) is 0 Å². The summed E-state index contributed by atoms with van der Waals surface area (Å²) in [7, 11) is 0. The van der Waals surface area contributed by atoms with E-state index in [2.05, 4.69) is 25.5 Å². The minimum absolute atomic E-state index is 0.127. The number of hydrogen-bond donors (Lipinski definition) is 1. The maximum absolute atomic E-state index is 12.9. The SMILES string of the molecule is Cc1ccn(C[C@@H](C)NC(=O)c2cc(-c3ccc(Cl)cc3)nc3ncnn23)n1. The van der Waals surface area contributed by atoms with Crippen LogP contribution in [0.1, 0.15) is 23.1 Å². The third-order valence-electron chi connectivity index (χ3n) is 4.24. The molecule has 1 N–H and O–H groups in total.